The van der Waals surface area contributed by atoms with E-state index in [9.17, 15) is 0 Å². The van der Waals surface area contributed by atoms with Gasteiger partial charge in [0.1, 0.15) is 5.82 Å². The van der Waals surface area contributed by atoms with E-state index in [0.29, 0.717) is 5.95 Å². The molecule has 0 bridgehead atoms. The van der Waals surface area contributed by atoms with Crippen LogP contribution in [0, 0.1) is 0 Å². The van der Waals surface area contributed by atoms with E-state index in [1.807, 2.05) is 6.92 Å². The van der Waals surface area contributed by atoms with Crippen LogP contribution in [0.25, 0.3) is 0 Å². The van der Waals surface area contributed by atoms with E-state index in [-0.39, 0.29) is 5.95 Å². The molecule has 0 aromatic carbocycles. The Labute approximate surface area is 77.8 Å². The molecule has 3 N–H and O–H groups in total. The van der Waals surface area contributed by atoms with Crippen molar-refractivity contribution < 1.29 is 0 Å². The zero-order valence-electron chi connectivity index (χ0n) is 8.04. The predicted molar refractivity (Wildman–Crippen MR) is 52.4 cm³/mol. The summed E-state index contributed by atoms with van der Waals surface area (Å²) < 4.78 is 0. The molecule has 1 rings (SSSR count). The molecule has 1 heterocycles. The first-order chi connectivity index (χ1) is 6.26. The van der Waals surface area contributed by atoms with Crippen molar-refractivity contribution in [2.75, 3.05) is 17.6 Å². The number of aryl methyl sites for hydroxylation is 1. The third-order valence-corrected chi connectivity index (χ3v) is 1.51. The number of nitrogens with two attached hydrogens (primary N) is 1. The van der Waals surface area contributed by atoms with Gasteiger partial charge >= 0.3 is 0 Å². The van der Waals surface area contributed by atoms with Crippen molar-refractivity contribution in [3.8, 4) is 0 Å². The Morgan fingerprint density at radius 1 is 1.23 bits per heavy atom. The molecule has 0 saturated carbocycles. The van der Waals surface area contributed by atoms with Crippen LogP contribution in [-0.4, -0.2) is 21.5 Å². The molecule has 0 aliphatic carbocycles. The molecule has 5 heteroatoms. The lowest BCUT2D eigenvalue weighted by atomic mass is 10.3. The van der Waals surface area contributed by atoms with Crippen LogP contribution in [0.2, 0.25) is 0 Å². The smallest absolute Gasteiger partial charge is 0.227 e. The molecule has 0 aliphatic heterocycles. The van der Waals surface area contributed by atoms with Crippen LogP contribution in [0.1, 0.15) is 26.1 Å². The third kappa shape index (κ3) is 2.85. The van der Waals surface area contributed by atoms with Gasteiger partial charge in [-0.2, -0.15) is 15.0 Å². The zero-order chi connectivity index (χ0) is 9.68. The summed E-state index contributed by atoms with van der Waals surface area (Å²) >= 11 is 0. The lowest BCUT2D eigenvalue weighted by molar-refractivity contribution is 0.822. The summed E-state index contributed by atoms with van der Waals surface area (Å²) in [6, 6.07) is 0. The molecule has 0 radical (unpaired) electrons. The summed E-state index contributed by atoms with van der Waals surface area (Å²) in [5.74, 6) is 1.61. The standard InChI is InChI=1S/C8H15N5/c1-3-5-6-11-7(9)13-8(12-6)10-4-2/h3-5H2,1-2H3,(H3,9,10,11,12,13). The highest BCUT2D eigenvalue weighted by Gasteiger charge is 2.01. The van der Waals surface area contributed by atoms with Gasteiger partial charge in [-0.3, -0.25) is 0 Å². The van der Waals surface area contributed by atoms with E-state index in [1.54, 1.807) is 0 Å². The Kier molecular flexibility index (Phi) is 3.42. The Bertz CT molecular complexity index is 249. The number of nitrogens with one attached hydrogen (secondary N) is 1. The highest BCUT2D eigenvalue weighted by atomic mass is 15.2. The van der Waals surface area contributed by atoms with Crippen molar-refractivity contribution in [2.45, 2.75) is 26.7 Å². The Morgan fingerprint density at radius 3 is 2.62 bits per heavy atom. The minimum atomic E-state index is 0.286. The summed E-state index contributed by atoms with van der Waals surface area (Å²) in [7, 11) is 0. The number of hydrogen-bond donors (Lipinski definition) is 2. The highest BCUT2D eigenvalue weighted by Crippen LogP contribution is 2.03. The minimum Gasteiger partial charge on any atom is -0.368 e. The van der Waals surface area contributed by atoms with Gasteiger partial charge in [0.25, 0.3) is 0 Å². The molecule has 0 aliphatic rings. The average molecular weight is 181 g/mol. The fraction of sp³-hybridized carbons (Fsp3) is 0.625. The number of hydrogen-bond acceptors (Lipinski definition) is 5. The van der Waals surface area contributed by atoms with Crippen molar-refractivity contribution in [3.05, 3.63) is 5.82 Å². The van der Waals surface area contributed by atoms with Crippen molar-refractivity contribution >= 4 is 11.9 Å². The van der Waals surface area contributed by atoms with Crippen molar-refractivity contribution in [1.29, 1.82) is 0 Å². The summed E-state index contributed by atoms with van der Waals surface area (Å²) in [5, 5.41) is 3.00. The first-order valence-electron chi connectivity index (χ1n) is 4.50. The summed E-state index contributed by atoms with van der Waals surface area (Å²) in [4.78, 5) is 12.2. The fourth-order valence-electron chi connectivity index (χ4n) is 1.01. The number of rotatable bonds is 4. The Morgan fingerprint density at radius 2 is 2.00 bits per heavy atom. The van der Waals surface area contributed by atoms with Gasteiger partial charge in [0.15, 0.2) is 0 Å². The van der Waals surface area contributed by atoms with Gasteiger partial charge in [0, 0.05) is 13.0 Å². The summed E-state index contributed by atoms with van der Waals surface area (Å²) in [6.07, 6.45) is 1.85. The van der Waals surface area contributed by atoms with Gasteiger partial charge in [0.2, 0.25) is 11.9 Å². The van der Waals surface area contributed by atoms with Crippen LogP contribution in [0.4, 0.5) is 11.9 Å². The lowest BCUT2D eigenvalue weighted by Crippen LogP contribution is -2.09. The molecule has 0 amide bonds. The topological polar surface area (TPSA) is 76.7 Å². The van der Waals surface area contributed by atoms with E-state index in [2.05, 4.69) is 27.2 Å². The van der Waals surface area contributed by atoms with Gasteiger partial charge in [-0.25, -0.2) is 0 Å². The monoisotopic (exact) mass is 181 g/mol. The highest BCUT2D eigenvalue weighted by molar-refractivity contribution is 5.30. The molecule has 0 atom stereocenters. The number of aromatic nitrogens is 3. The number of anilines is 2. The fourth-order valence-corrected chi connectivity index (χ4v) is 1.01. The second-order valence-corrected chi connectivity index (χ2v) is 2.71. The average Bonchev–Trinajstić information content (AvgIpc) is 2.04. The normalized spacial score (nSPS) is 10.0. The van der Waals surface area contributed by atoms with Gasteiger partial charge in [-0.05, 0) is 13.3 Å². The maximum Gasteiger partial charge on any atom is 0.227 e. The van der Waals surface area contributed by atoms with Gasteiger partial charge in [0.05, 0.1) is 0 Å². The van der Waals surface area contributed by atoms with Crippen molar-refractivity contribution in [3.63, 3.8) is 0 Å². The summed E-state index contributed by atoms with van der Waals surface area (Å²) in [6.45, 7) is 4.85. The van der Waals surface area contributed by atoms with Crippen molar-refractivity contribution in [1.82, 2.24) is 15.0 Å². The molecule has 0 spiro atoms. The number of nitrogen functional groups attached to an aromatic ring is 1. The largest absolute Gasteiger partial charge is 0.368 e. The maximum atomic E-state index is 5.52. The van der Waals surface area contributed by atoms with Crippen LogP contribution in [0.15, 0.2) is 0 Å². The molecule has 0 fully saturated rings. The van der Waals surface area contributed by atoms with Gasteiger partial charge in [-0.15, -0.1) is 0 Å². The van der Waals surface area contributed by atoms with Gasteiger partial charge < -0.3 is 11.1 Å². The molecule has 0 unspecified atom stereocenters. The molecule has 1 aromatic heterocycles. The van der Waals surface area contributed by atoms with Crippen LogP contribution >= 0.6 is 0 Å². The molecular formula is C8H15N5. The lowest BCUT2D eigenvalue weighted by Gasteiger charge is -2.03. The molecule has 1 aromatic rings. The number of nitrogens with zero attached hydrogens (tertiary/aromatic N) is 3. The molecule has 13 heavy (non-hydrogen) atoms. The van der Waals surface area contributed by atoms with Crippen LogP contribution in [-0.2, 0) is 6.42 Å². The van der Waals surface area contributed by atoms with E-state index >= 15 is 0 Å². The predicted octanol–water partition coefficient (Wildman–Crippen LogP) is 0.838. The van der Waals surface area contributed by atoms with Crippen LogP contribution in [0.5, 0.6) is 0 Å². The first kappa shape index (κ1) is 9.70. The SMILES string of the molecule is CCCc1nc(N)nc(NCC)n1. The summed E-state index contributed by atoms with van der Waals surface area (Å²) in [5.41, 5.74) is 5.52. The Balaban J connectivity index is 2.83. The third-order valence-electron chi connectivity index (χ3n) is 1.51. The minimum absolute atomic E-state index is 0.286. The van der Waals surface area contributed by atoms with E-state index in [0.717, 1.165) is 25.2 Å². The molecule has 5 nitrogen and oxygen atoms in total. The second-order valence-electron chi connectivity index (χ2n) is 2.71. The Hall–Kier alpha value is -1.39. The second kappa shape index (κ2) is 4.59. The van der Waals surface area contributed by atoms with Crippen LogP contribution in [0.3, 0.4) is 0 Å². The maximum absolute atomic E-state index is 5.52. The van der Waals surface area contributed by atoms with Crippen LogP contribution < -0.4 is 11.1 Å². The van der Waals surface area contributed by atoms with Gasteiger partial charge in [-0.1, -0.05) is 6.92 Å². The van der Waals surface area contributed by atoms with E-state index in [4.69, 9.17) is 5.73 Å². The molecule has 0 saturated heterocycles. The quantitative estimate of drug-likeness (QED) is 0.719. The molecular weight excluding hydrogens is 166 g/mol. The van der Waals surface area contributed by atoms with Crippen molar-refractivity contribution in [2.24, 2.45) is 0 Å². The van der Waals surface area contributed by atoms with E-state index < -0.39 is 0 Å². The van der Waals surface area contributed by atoms with E-state index in [1.165, 1.54) is 0 Å². The molecule has 72 valence electrons. The zero-order valence-corrected chi connectivity index (χ0v) is 8.04. The first-order valence-corrected chi connectivity index (χ1v) is 4.50.